The number of methoxy groups -OCH3 is 1. The van der Waals surface area contributed by atoms with Crippen molar-refractivity contribution in [1.29, 1.82) is 0 Å². The molecular weight excluding hydrogens is 166 g/mol. The van der Waals surface area contributed by atoms with Gasteiger partial charge in [0.1, 0.15) is 0 Å². The molecule has 0 radical (unpaired) electrons. The van der Waals surface area contributed by atoms with Gasteiger partial charge < -0.3 is 9.84 Å². The molecule has 0 aromatic heterocycles. The molecule has 0 bridgehead atoms. The van der Waals surface area contributed by atoms with E-state index in [0.717, 1.165) is 32.0 Å². The van der Waals surface area contributed by atoms with Crippen LogP contribution in [0.15, 0.2) is 0 Å². The third-order valence-electron chi connectivity index (χ3n) is 3.42. The lowest BCUT2D eigenvalue weighted by Crippen LogP contribution is -2.51. The molecule has 2 fully saturated rings. The Morgan fingerprint density at radius 1 is 1.23 bits per heavy atom. The molecular formula is C10H19NO2. The van der Waals surface area contributed by atoms with Crippen molar-refractivity contribution in [2.75, 3.05) is 20.2 Å². The number of hydrogen-bond acceptors (Lipinski definition) is 3. The first kappa shape index (κ1) is 9.44. The molecule has 1 N–H and O–H groups in total. The van der Waals surface area contributed by atoms with Crippen LogP contribution < -0.4 is 0 Å². The maximum Gasteiger partial charge on any atom is 0.0601 e. The van der Waals surface area contributed by atoms with Gasteiger partial charge in [0.25, 0.3) is 0 Å². The fraction of sp³-hybridized carbons (Fsp3) is 1.00. The van der Waals surface area contributed by atoms with E-state index in [-0.39, 0.29) is 6.10 Å². The molecule has 13 heavy (non-hydrogen) atoms. The third-order valence-corrected chi connectivity index (χ3v) is 3.42. The molecule has 0 atom stereocenters. The summed E-state index contributed by atoms with van der Waals surface area (Å²) in [5.41, 5.74) is 0. The van der Waals surface area contributed by atoms with Crippen LogP contribution in [0.25, 0.3) is 0 Å². The summed E-state index contributed by atoms with van der Waals surface area (Å²) >= 11 is 0. The van der Waals surface area contributed by atoms with Crippen LogP contribution in [-0.4, -0.2) is 48.5 Å². The Hall–Kier alpha value is -0.120. The van der Waals surface area contributed by atoms with Crippen molar-refractivity contribution in [2.24, 2.45) is 0 Å². The second kappa shape index (κ2) is 3.95. The summed E-state index contributed by atoms with van der Waals surface area (Å²) in [6, 6.07) is 0.734. The summed E-state index contributed by atoms with van der Waals surface area (Å²) in [4.78, 5) is 2.50. The number of piperidine rings is 1. The van der Waals surface area contributed by atoms with Gasteiger partial charge in [0.2, 0.25) is 0 Å². The number of hydrogen-bond donors (Lipinski definition) is 1. The Balaban J connectivity index is 1.71. The standard InChI is InChI=1S/C10H19NO2/c1-13-10-6-8(7-10)11-4-2-9(12)3-5-11/h8-10,12H,2-7H2,1H3. The number of nitrogens with zero attached hydrogens (tertiary/aromatic N) is 1. The highest BCUT2D eigenvalue weighted by molar-refractivity contribution is 4.89. The number of rotatable bonds is 2. The molecule has 0 amide bonds. The molecule has 2 aliphatic rings. The largest absolute Gasteiger partial charge is 0.393 e. The maximum absolute atomic E-state index is 9.35. The van der Waals surface area contributed by atoms with Crippen molar-refractivity contribution in [3.8, 4) is 0 Å². The summed E-state index contributed by atoms with van der Waals surface area (Å²) in [6.07, 6.45) is 4.73. The minimum Gasteiger partial charge on any atom is -0.393 e. The molecule has 1 aliphatic carbocycles. The van der Waals surface area contributed by atoms with Gasteiger partial charge in [0.15, 0.2) is 0 Å². The zero-order valence-electron chi connectivity index (χ0n) is 8.28. The van der Waals surface area contributed by atoms with E-state index < -0.39 is 0 Å². The summed E-state index contributed by atoms with van der Waals surface area (Å²) in [5, 5.41) is 9.35. The second-order valence-corrected chi connectivity index (χ2v) is 4.25. The molecule has 1 aliphatic heterocycles. The zero-order chi connectivity index (χ0) is 9.26. The molecule has 3 nitrogen and oxygen atoms in total. The van der Waals surface area contributed by atoms with Gasteiger partial charge in [-0.05, 0) is 25.7 Å². The molecule has 0 aromatic rings. The Morgan fingerprint density at radius 3 is 2.38 bits per heavy atom. The van der Waals surface area contributed by atoms with Crippen LogP contribution in [0.5, 0.6) is 0 Å². The topological polar surface area (TPSA) is 32.7 Å². The van der Waals surface area contributed by atoms with E-state index in [1.807, 2.05) is 0 Å². The van der Waals surface area contributed by atoms with E-state index >= 15 is 0 Å². The number of aliphatic hydroxyl groups is 1. The normalized spacial score (nSPS) is 37.4. The quantitative estimate of drug-likeness (QED) is 0.684. The SMILES string of the molecule is COC1CC(N2CCC(O)CC2)C1. The van der Waals surface area contributed by atoms with Crippen molar-refractivity contribution in [3.63, 3.8) is 0 Å². The van der Waals surface area contributed by atoms with Gasteiger partial charge in [-0.1, -0.05) is 0 Å². The molecule has 76 valence electrons. The minimum atomic E-state index is -0.0467. The highest BCUT2D eigenvalue weighted by Crippen LogP contribution is 2.29. The van der Waals surface area contributed by atoms with Gasteiger partial charge in [0.05, 0.1) is 12.2 Å². The average Bonchev–Trinajstić information content (AvgIpc) is 2.06. The zero-order valence-corrected chi connectivity index (χ0v) is 8.28. The first-order chi connectivity index (χ1) is 6.29. The van der Waals surface area contributed by atoms with Gasteiger partial charge in [0, 0.05) is 26.2 Å². The van der Waals surface area contributed by atoms with Crippen LogP contribution in [0.4, 0.5) is 0 Å². The predicted molar refractivity (Wildman–Crippen MR) is 50.6 cm³/mol. The fourth-order valence-electron chi connectivity index (χ4n) is 2.28. The molecule has 2 rings (SSSR count). The van der Waals surface area contributed by atoms with Gasteiger partial charge in [-0.2, -0.15) is 0 Å². The molecule has 0 aromatic carbocycles. The second-order valence-electron chi connectivity index (χ2n) is 4.25. The number of ether oxygens (including phenoxy) is 1. The smallest absolute Gasteiger partial charge is 0.0601 e. The lowest BCUT2D eigenvalue weighted by atomic mass is 9.86. The maximum atomic E-state index is 9.35. The predicted octanol–water partition coefficient (Wildman–Crippen LogP) is 0.620. The Morgan fingerprint density at radius 2 is 1.85 bits per heavy atom. The van der Waals surface area contributed by atoms with Crippen LogP contribution in [0.1, 0.15) is 25.7 Å². The first-order valence-corrected chi connectivity index (χ1v) is 5.24. The van der Waals surface area contributed by atoms with E-state index in [1.54, 1.807) is 7.11 Å². The average molecular weight is 185 g/mol. The summed E-state index contributed by atoms with van der Waals surface area (Å²) in [7, 11) is 1.79. The molecule has 3 heteroatoms. The Bertz CT molecular complexity index is 160. The van der Waals surface area contributed by atoms with Crippen LogP contribution in [0, 0.1) is 0 Å². The van der Waals surface area contributed by atoms with Crippen molar-refractivity contribution >= 4 is 0 Å². The van der Waals surface area contributed by atoms with Crippen LogP contribution in [0.3, 0.4) is 0 Å². The van der Waals surface area contributed by atoms with E-state index in [9.17, 15) is 5.11 Å². The molecule has 0 spiro atoms. The Kier molecular flexibility index (Phi) is 2.86. The number of aliphatic hydroxyl groups excluding tert-OH is 1. The van der Waals surface area contributed by atoms with Gasteiger partial charge in [-0.15, -0.1) is 0 Å². The van der Waals surface area contributed by atoms with Gasteiger partial charge in [-0.25, -0.2) is 0 Å². The van der Waals surface area contributed by atoms with Crippen molar-refractivity contribution in [3.05, 3.63) is 0 Å². The summed E-state index contributed by atoms with van der Waals surface area (Å²) in [5.74, 6) is 0. The van der Waals surface area contributed by atoms with Crippen LogP contribution >= 0.6 is 0 Å². The van der Waals surface area contributed by atoms with Crippen molar-refractivity contribution in [2.45, 2.75) is 43.9 Å². The summed E-state index contributed by atoms with van der Waals surface area (Å²) in [6.45, 7) is 2.14. The monoisotopic (exact) mass is 185 g/mol. The molecule has 0 unspecified atom stereocenters. The van der Waals surface area contributed by atoms with Crippen LogP contribution in [0.2, 0.25) is 0 Å². The molecule has 1 saturated carbocycles. The van der Waals surface area contributed by atoms with Crippen LogP contribution in [-0.2, 0) is 4.74 Å². The van der Waals surface area contributed by atoms with E-state index in [4.69, 9.17) is 4.74 Å². The first-order valence-electron chi connectivity index (χ1n) is 5.24. The van der Waals surface area contributed by atoms with Gasteiger partial charge in [-0.3, -0.25) is 4.90 Å². The lowest BCUT2D eigenvalue weighted by molar-refractivity contribution is -0.0437. The van der Waals surface area contributed by atoms with Crippen molar-refractivity contribution < 1.29 is 9.84 Å². The fourth-order valence-corrected chi connectivity index (χ4v) is 2.28. The van der Waals surface area contributed by atoms with E-state index in [1.165, 1.54) is 12.8 Å². The van der Waals surface area contributed by atoms with Crippen molar-refractivity contribution in [1.82, 2.24) is 4.90 Å². The summed E-state index contributed by atoms with van der Waals surface area (Å²) < 4.78 is 5.25. The minimum absolute atomic E-state index is 0.0467. The van der Waals surface area contributed by atoms with Gasteiger partial charge >= 0.3 is 0 Å². The molecule has 1 saturated heterocycles. The Labute approximate surface area is 79.7 Å². The third kappa shape index (κ3) is 2.03. The number of likely N-dealkylation sites (tertiary alicyclic amines) is 1. The highest BCUT2D eigenvalue weighted by Gasteiger charge is 2.34. The highest BCUT2D eigenvalue weighted by atomic mass is 16.5. The lowest BCUT2D eigenvalue weighted by Gasteiger charge is -2.44. The van der Waals surface area contributed by atoms with E-state index in [2.05, 4.69) is 4.90 Å². The van der Waals surface area contributed by atoms with E-state index in [0.29, 0.717) is 6.10 Å². The molecule has 1 heterocycles.